The maximum Gasteiger partial charge on any atom is 0.0735 e. The number of anilines is 3. The van der Waals surface area contributed by atoms with E-state index in [9.17, 15) is 0 Å². The van der Waals surface area contributed by atoms with Gasteiger partial charge in [0.15, 0.2) is 0 Å². The fourth-order valence-corrected chi connectivity index (χ4v) is 13.2. The topological polar surface area (TPSA) is 3.24 Å². The fourth-order valence-electron chi connectivity index (χ4n) is 10.8. The Morgan fingerprint density at radius 1 is 0.381 bits per heavy atom. The number of nitrogens with zero attached hydrogens (tertiary/aromatic N) is 1. The molecule has 1 aliphatic carbocycles. The molecule has 0 atom stereocenters. The second-order valence-electron chi connectivity index (χ2n) is 16.7. The third-order valence-electron chi connectivity index (χ3n) is 13.4. The van der Waals surface area contributed by atoms with Crippen molar-refractivity contribution in [3.05, 3.63) is 269 Å². The van der Waals surface area contributed by atoms with Gasteiger partial charge in [-0.2, -0.15) is 0 Å². The van der Waals surface area contributed by atoms with Crippen LogP contribution in [0, 0.1) is 0 Å². The van der Waals surface area contributed by atoms with Crippen molar-refractivity contribution in [2.45, 2.75) is 21.1 Å². The van der Waals surface area contributed by atoms with E-state index in [4.69, 9.17) is 0 Å². The molecule has 1 spiro atoms. The van der Waals surface area contributed by atoms with Gasteiger partial charge in [0.05, 0.1) is 11.1 Å². The monoisotopic (exact) mass is 837 g/mol. The van der Waals surface area contributed by atoms with Crippen LogP contribution in [-0.4, -0.2) is 0 Å². The van der Waals surface area contributed by atoms with Crippen LogP contribution in [0.5, 0.6) is 0 Å². The molecule has 1 aliphatic heterocycles. The van der Waals surface area contributed by atoms with Gasteiger partial charge < -0.3 is 4.90 Å². The standard InChI is InChI=1S/C60H39NS2/c1-4-18-39(19-5-1)57(40-20-6-2-7-21-40)42-32-35-53-48(36-42)58-56(62-53)37-41-22-10-11-25-45(41)59(58)61(43-23-8-3-9-24-43)44-33-34-50-47(38-44)46-26-12-13-27-49(46)60(50)51-28-14-16-30-54(51)63-55-31-17-15-29-52(55)60/h1-38,57H. The summed E-state index contributed by atoms with van der Waals surface area (Å²) in [5.41, 5.74) is 14.9. The largest absolute Gasteiger partial charge is 0.309 e. The van der Waals surface area contributed by atoms with Gasteiger partial charge >= 0.3 is 0 Å². The van der Waals surface area contributed by atoms with E-state index in [1.807, 2.05) is 23.1 Å². The van der Waals surface area contributed by atoms with Crippen molar-refractivity contribution in [3.63, 3.8) is 0 Å². The number of para-hydroxylation sites is 1. The molecule has 10 aromatic carbocycles. The highest BCUT2D eigenvalue weighted by atomic mass is 32.2. The average molecular weight is 838 g/mol. The number of fused-ring (bicyclic) bond motifs is 13. The van der Waals surface area contributed by atoms with Gasteiger partial charge in [0.25, 0.3) is 0 Å². The van der Waals surface area contributed by atoms with Crippen molar-refractivity contribution >= 4 is 71.1 Å². The van der Waals surface area contributed by atoms with Crippen LogP contribution in [0.15, 0.2) is 240 Å². The third kappa shape index (κ3) is 5.50. The number of rotatable bonds is 6. The SMILES string of the molecule is c1ccc(C(c2ccccc2)c2ccc3sc4cc5ccccc5c(N(c5ccccc5)c5ccc6c(c5)-c5ccccc5C65c6ccccc6Sc6ccccc65)c4c3c2)cc1. The summed E-state index contributed by atoms with van der Waals surface area (Å²) in [6, 6.07) is 86.1. The Morgan fingerprint density at radius 2 is 0.968 bits per heavy atom. The number of thiophene rings is 1. The second-order valence-corrected chi connectivity index (χ2v) is 18.9. The maximum atomic E-state index is 2.54. The zero-order valence-corrected chi connectivity index (χ0v) is 35.9. The summed E-state index contributed by atoms with van der Waals surface area (Å²) < 4.78 is 2.57. The minimum atomic E-state index is -0.429. The van der Waals surface area contributed by atoms with Gasteiger partial charge in [0.2, 0.25) is 0 Å². The average Bonchev–Trinajstić information content (AvgIpc) is 3.85. The zero-order chi connectivity index (χ0) is 41.5. The van der Waals surface area contributed by atoms with Gasteiger partial charge in [-0.05, 0) is 110 Å². The lowest BCUT2D eigenvalue weighted by Crippen LogP contribution is -2.31. The molecule has 0 saturated heterocycles. The number of benzene rings is 10. The first-order valence-corrected chi connectivity index (χ1v) is 23.3. The first-order chi connectivity index (χ1) is 31.3. The summed E-state index contributed by atoms with van der Waals surface area (Å²) in [7, 11) is 0. The molecule has 0 saturated carbocycles. The van der Waals surface area contributed by atoms with Crippen LogP contribution in [0.25, 0.3) is 42.1 Å². The van der Waals surface area contributed by atoms with Crippen molar-refractivity contribution in [1.82, 2.24) is 0 Å². The normalized spacial score (nSPS) is 13.3. The molecular weight excluding hydrogens is 799 g/mol. The van der Waals surface area contributed by atoms with E-state index in [-0.39, 0.29) is 5.92 Å². The highest BCUT2D eigenvalue weighted by Crippen LogP contribution is 2.63. The van der Waals surface area contributed by atoms with E-state index in [0.29, 0.717) is 0 Å². The summed E-state index contributed by atoms with van der Waals surface area (Å²) in [5.74, 6) is 0.0958. The van der Waals surface area contributed by atoms with Gasteiger partial charge in [-0.15, -0.1) is 11.3 Å². The Labute approximate surface area is 375 Å². The molecule has 3 heteroatoms. The molecule has 13 rings (SSSR count). The van der Waals surface area contributed by atoms with E-state index in [0.717, 1.165) is 11.4 Å². The van der Waals surface area contributed by atoms with Crippen LogP contribution >= 0.6 is 23.1 Å². The van der Waals surface area contributed by atoms with Crippen LogP contribution in [0.3, 0.4) is 0 Å². The molecule has 0 N–H and O–H groups in total. The lowest BCUT2D eigenvalue weighted by molar-refractivity contribution is 0.722. The summed E-state index contributed by atoms with van der Waals surface area (Å²) in [4.78, 5) is 5.18. The number of hydrogen-bond acceptors (Lipinski definition) is 3. The molecular formula is C60H39NS2. The molecule has 2 aliphatic rings. The van der Waals surface area contributed by atoms with E-state index >= 15 is 0 Å². The molecule has 11 aromatic rings. The lowest BCUT2D eigenvalue weighted by Gasteiger charge is -2.39. The van der Waals surface area contributed by atoms with Crippen molar-refractivity contribution in [3.8, 4) is 11.1 Å². The van der Waals surface area contributed by atoms with Gasteiger partial charge in [0, 0.05) is 52.6 Å². The smallest absolute Gasteiger partial charge is 0.0735 e. The number of hydrogen-bond donors (Lipinski definition) is 0. The molecule has 1 aromatic heterocycles. The third-order valence-corrected chi connectivity index (χ3v) is 15.7. The molecule has 0 unspecified atom stereocenters. The van der Waals surface area contributed by atoms with Crippen LogP contribution in [0.1, 0.15) is 44.9 Å². The van der Waals surface area contributed by atoms with Crippen molar-refractivity contribution in [1.29, 1.82) is 0 Å². The maximum absolute atomic E-state index is 2.54. The van der Waals surface area contributed by atoms with Crippen LogP contribution in [0.2, 0.25) is 0 Å². The summed E-state index contributed by atoms with van der Waals surface area (Å²) in [6.07, 6.45) is 0. The Kier molecular flexibility index (Phi) is 8.37. The Balaban J connectivity index is 1.09. The van der Waals surface area contributed by atoms with Gasteiger partial charge in [-0.3, -0.25) is 0 Å². The van der Waals surface area contributed by atoms with Crippen LogP contribution in [-0.2, 0) is 5.41 Å². The molecule has 0 amide bonds. The zero-order valence-electron chi connectivity index (χ0n) is 34.3. The Bertz CT molecular complexity index is 3470. The highest BCUT2D eigenvalue weighted by Gasteiger charge is 2.50. The van der Waals surface area contributed by atoms with Crippen LogP contribution in [0.4, 0.5) is 17.1 Å². The van der Waals surface area contributed by atoms with E-state index in [1.54, 1.807) is 0 Å². The quantitative estimate of drug-likeness (QED) is 0.154. The minimum absolute atomic E-state index is 0.0958. The Hall–Kier alpha value is -7.17. The molecule has 0 bridgehead atoms. The van der Waals surface area contributed by atoms with Crippen molar-refractivity contribution < 1.29 is 0 Å². The van der Waals surface area contributed by atoms with E-state index in [2.05, 4.69) is 235 Å². The molecule has 0 radical (unpaired) electrons. The Morgan fingerprint density at radius 3 is 1.68 bits per heavy atom. The summed E-state index contributed by atoms with van der Waals surface area (Å²) in [5, 5.41) is 5.02. The lowest BCUT2D eigenvalue weighted by atomic mass is 9.67. The molecule has 296 valence electrons. The predicted molar refractivity (Wildman–Crippen MR) is 267 cm³/mol. The fraction of sp³-hybridized carbons (Fsp3) is 0.0333. The predicted octanol–water partition coefficient (Wildman–Crippen LogP) is 16.7. The van der Waals surface area contributed by atoms with Crippen molar-refractivity contribution in [2.75, 3.05) is 4.90 Å². The first kappa shape index (κ1) is 36.5. The molecule has 2 heterocycles. The van der Waals surface area contributed by atoms with Gasteiger partial charge in [-0.1, -0.05) is 188 Å². The van der Waals surface area contributed by atoms with Gasteiger partial charge in [-0.25, -0.2) is 0 Å². The molecule has 0 fully saturated rings. The minimum Gasteiger partial charge on any atom is -0.309 e. The van der Waals surface area contributed by atoms with Crippen LogP contribution < -0.4 is 4.90 Å². The van der Waals surface area contributed by atoms with Crippen molar-refractivity contribution in [2.24, 2.45) is 0 Å². The molecule has 63 heavy (non-hydrogen) atoms. The van der Waals surface area contributed by atoms with Gasteiger partial charge in [0.1, 0.15) is 0 Å². The summed E-state index contributed by atoms with van der Waals surface area (Å²) in [6.45, 7) is 0. The highest BCUT2D eigenvalue weighted by molar-refractivity contribution is 7.99. The first-order valence-electron chi connectivity index (χ1n) is 21.7. The molecule has 1 nitrogen and oxygen atoms in total. The van der Waals surface area contributed by atoms with E-state index in [1.165, 1.54) is 96.5 Å². The van der Waals surface area contributed by atoms with E-state index < -0.39 is 5.41 Å². The second kappa shape index (κ2) is 14.5. The summed E-state index contributed by atoms with van der Waals surface area (Å²) >= 11 is 3.79.